The van der Waals surface area contributed by atoms with E-state index < -0.39 is 5.79 Å². The Kier molecular flexibility index (Phi) is 6.57. The van der Waals surface area contributed by atoms with Crippen molar-refractivity contribution in [3.8, 4) is 0 Å². The van der Waals surface area contributed by atoms with Crippen molar-refractivity contribution in [3.05, 3.63) is 0 Å². The number of ether oxygens (including phenoxy) is 1. The second-order valence-electron chi connectivity index (χ2n) is 5.40. The van der Waals surface area contributed by atoms with E-state index in [1.54, 1.807) is 0 Å². The maximum Gasteiger partial charge on any atom is 0.204 e. The van der Waals surface area contributed by atoms with Crippen molar-refractivity contribution in [2.45, 2.75) is 73.2 Å². The van der Waals surface area contributed by atoms with E-state index in [0.29, 0.717) is 18.3 Å². The molecule has 0 rings (SSSR count). The van der Waals surface area contributed by atoms with Crippen molar-refractivity contribution in [1.29, 1.82) is 0 Å². The molecule has 16 heavy (non-hydrogen) atoms. The molecule has 0 saturated heterocycles. The molecule has 4 atom stereocenters. The molecule has 1 radical (unpaired) electrons. The van der Waals surface area contributed by atoms with E-state index in [4.69, 9.17) is 4.74 Å². The smallest absolute Gasteiger partial charge is 0.204 e. The zero-order valence-electron chi connectivity index (χ0n) is 12.0. The van der Waals surface area contributed by atoms with Crippen LogP contribution >= 0.6 is 0 Å². The number of rotatable bonds is 7. The van der Waals surface area contributed by atoms with Crippen molar-refractivity contribution in [3.63, 3.8) is 0 Å². The molecule has 0 aromatic heterocycles. The van der Waals surface area contributed by atoms with Crippen LogP contribution in [-0.2, 0) is 9.84 Å². The molecule has 0 heterocycles. The van der Waals surface area contributed by atoms with Crippen molar-refractivity contribution in [2.24, 2.45) is 17.8 Å². The molecule has 0 spiro atoms. The lowest BCUT2D eigenvalue weighted by molar-refractivity contribution is -0.296. The molecule has 2 heteroatoms. The van der Waals surface area contributed by atoms with E-state index >= 15 is 0 Å². The van der Waals surface area contributed by atoms with Crippen LogP contribution in [0, 0.1) is 17.8 Å². The van der Waals surface area contributed by atoms with Crippen LogP contribution in [0.2, 0.25) is 0 Å². The Balaban J connectivity index is 4.53. The highest BCUT2D eigenvalue weighted by Crippen LogP contribution is 2.30. The summed E-state index contributed by atoms with van der Waals surface area (Å²) in [6.45, 7) is 14.5. The van der Waals surface area contributed by atoms with Gasteiger partial charge in [-0.1, -0.05) is 41.5 Å². The van der Waals surface area contributed by atoms with Gasteiger partial charge < -0.3 is 4.74 Å². The fourth-order valence-corrected chi connectivity index (χ4v) is 1.82. The molecule has 0 amide bonds. The molecule has 0 aliphatic carbocycles. The van der Waals surface area contributed by atoms with Gasteiger partial charge in [0.2, 0.25) is 5.79 Å². The Morgan fingerprint density at radius 1 is 1.06 bits per heavy atom. The summed E-state index contributed by atoms with van der Waals surface area (Å²) in [5.74, 6) is -0.173. The molecule has 0 fully saturated rings. The molecule has 2 nitrogen and oxygen atoms in total. The zero-order chi connectivity index (χ0) is 12.9. The lowest BCUT2D eigenvalue weighted by atomic mass is 9.91. The van der Waals surface area contributed by atoms with E-state index in [-0.39, 0.29) is 12.0 Å². The third-order valence-electron chi connectivity index (χ3n) is 4.03. The van der Waals surface area contributed by atoms with Gasteiger partial charge in [-0.3, -0.25) is 0 Å². The van der Waals surface area contributed by atoms with Crippen LogP contribution < -0.4 is 0 Å². The molecule has 0 N–H and O–H groups in total. The van der Waals surface area contributed by atoms with Gasteiger partial charge in [0.1, 0.15) is 0 Å². The first-order chi connectivity index (χ1) is 7.28. The third kappa shape index (κ3) is 4.06. The van der Waals surface area contributed by atoms with Gasteiger partial charge >= 0.3 is 0 Å². The van der Waals surface area contributed by atoms with Crippen LogP contribution in [0.25, 0.3) is 0 Å². The molecular formula is C14H29O2. The van der Waals surface area contributed by atoms with Crippen molar-refractivity contribution in [1.82, 2.24) is 0 Å². The summed E-state index contributed by atoms with van der Waals surface area (Å²) in [4.78, 5) is 0. The highest BCUT2D eigenvalue weighted by molar-refractivity contribution is 4.75. The molecule has 0 aromatic rings. The maximum absolute atomic E-state index is 12.5. The highest BCUT2D eigenvalue weighted by Gasteiger charge is 2.37. The largest absolute Gasteiger partial charge is 0.344 e. The molecular weight excluding hydrogens is 200 g/mol. The first-order valence-electron chi connectivity index (χ1n) is 6.66. The minimum absolute atomic E-state index is 0.0337. The van der Waals surface area contributed by atoms with Crippen molar-refractivity contribution < 1.29 is 9.84 Å². The van der Waals surface area contributed by atoms with Gasteiger partial charge in [-0.25, -0.2) is 0 Å². The summed E-state index contributed by atoms with van der Waals surface area (Å²) < 4.78 is 5.81. The molecule has 0 aliphatic heterocycles. The summed E-state index contributed by atoms with van der Waals surface area (Å²) in [5, 5.41) is 12.5. The molecule has 0 bridgehead atoms. The topological polar surface area (TPSA) is 29.1 Å². The molecule has 0 saturated carbocycles. The molecule has 0 aliphatic rings. The minimum atomic E-state index is -1.21. The standard InChI is InChI=1S/C14H29O2/c1-8-11(5)14(15,9-2)16-13(7)12(6)10(3)4/h10-13H,8-9H2,1-7H3. The third-order valence-corrected chi connectivity index (χ3v) is 4.03. The quantitative estimate of drug-likeness (QED) is 0.599. The highest BCUT2D eigenvalue weighted by atomic mass is 16.6. The van der Waals surface area contributed by atoms with E-state index in [2.05, 4.69) is 20.8 Å². The number of hydrogen-bond donors (Lipinski definition) is 0. The Hall–Kier alpha value is -0.0800. The number of hydrogen-bond acceptors (Lipinski definition) is 1. The van der Waals surface area contributed by atoms with Crippen LogP contribution in [0.4, 0.5) is 0 Å². The van der Waals surface area contributed by atoms with Crippen LogP contribution in [-0.4, -0.2) is 11.9 Å². The Morgan fingerprint density at radius 3 is 1.88 bits per heavy atom. The van der Waals surface area contributed by atoms with Gasteiger partial charge in [0.05, 0.1) is 6.10 Å². The predicted molar refractivity (Wildman–Crippen MR) is 67.7 cm³/mol. The lowest BCUT2D eigenvalue weighted by Crippen LogP contribution is -2.42. The van der Waals surface area contributed by atoms with Gasteiger partial charge in [0.25, 0.3) is 0 Å². The van der Waals surface area contributed by atoms with E-state index in [1.807, 2.05) is 27.7 Å². The fourth-order valence-electron chi connectivity index (χ4n) is 1.82. The Bertz CT molecular complexity index is 191. The normalized spacial score (nSPS) is 21.6. The van der Waals surface area contributed by atoms with Gasteiger partial charge in [-0.2, -0.15) is 5.11 Å². The van der Waals surface area contributed by atoms with Crippen LogP contribution in [0.5, 0.6) is 0 Å². The van der Waals surface area contributed by atoms with Crippen molar-refractivity contribution >= 4 is 0 Å². The zero-order valence-corrected chi connectivity index (χ0v) is 12.0. The second kappa shape index (κ2) is 6.61. The first kappa shape index (κ1) is 15.9. The minimum Gasteiger partial charge on any atom is -0.344 e. The SMILES string of the molecule is CCC(C)C([O])(CC)OC(C)C(C)C(C)C. The van der Waals surface area contributed by atoms with Crippen LogP contribution in [0.3, 0.4) is 0 Å². The van der Waals surface area contributed by atoms with Gasteiger partial charge in [0.15, 0.2) is 0 Å². The van der Waals surface area contributed by atoms with E-state index in [9.17, 15) is 5.11 Å². The summed E-state index contributed by atoms with van der Waals surface area (Å²) in [5.41, 5.74) is 0. The summed E-state index contributed by atoms with van der Waals surface area (Å²) in [6, 6.07) is 0. The van der Waals surface area contributed by atoms with Gasteiger partial charge in [0, 0.05) is 12.3 Å². The maximum atomic E-state index is 12.5. The van der Waals surface area contributed by atoms with Gasteiger partial charge in [-0.15, -0.1) is 0 Å². The summed E-state index contributed by atoms with van der Waals surface area (Å²) in [7, 11) is 0. The molecule has 97 valence electrons. The van der Waals surface area contributed by atoms with E-state index in [1.165, 1.54) is 0 Å². The first-order valence-corrected chi connectivity index (χ1v) is 6.66. The Labute approximate surface area is 101 Å². The molecule has 0 aromatic carbocycles. The molecule has 4 unspecified atom stereocenters. The summed E-state index contributed by atoms with van der Waals surface area (Å²) >= 11 is 0. The van der Waals surface area contributed by atoms with Crippen LogP contribution in [0.15, 0.2) is 0 Å². The van der Waals surface area contributed by atoms with Gasteiger partial charge in [-0.05, 0) is 25.2 Å². The van der Waals surface area contributed by atoms with Crippen LogP contribution in [0.1, 0.15) is 61.3 Å². The van der Waals surface area contributed by atoms with Crippen molar-refractivity contribution in [2.75, 3.05) is 0 Å². The monoisotopic (exact) mass is 229 g/mol. The second-order valence-corrected chi connectivity index (χ2v) is 5.40. The average Bonchev–Trinajstić information content (AvgIpc) is 2.26. The van der Waals surface area contributed by atoms with E-state index in [0.717, 1.165) is 6.42 Å². The fraction of sp³-hybridized carbons (Fsp3) is 1.00. The lowest BCUT2D eigenvalue weighted by Gasteiger charge is -2.36. The average molecular weight is 229 g/mol. The summed E-state index contributed by atoms with van der Waals surface area (Å²) in [6.07, 6.45) is 1.45. The predicted octanol–water partition coefficient (Wildman–Crippen LogP) is 4.27. The Morgan fingerprint density at radius 2 is 1.56 bits per heavy atom.